The maximum Gasteiger partial charge on any atom is 0.130 e. The number of fused-ring (bicyclic) bond motifs is 5. The molecule has 0 bridgehead atoms. The summed E-state index contributed by atoms with van der Waals surface area (Å²) in [7, 11) is 0. The molecule has 1 aliphatic heterocycles. The first kappa shape index (κ1) is 17.9. The predicted octanol–water partition coefficient (Wildman–Crippen LogP) is 4.44. The molecule has 3 aromatic rings. The number of H-pyrrole nitrogens is 2. The van der Waals surface area contributed by atoms with E-state index in [1.54, 1.807) is 0 Å². The maximum atomic E-state index is 12.3. The third-order valence-electron chi connectivity index (χ3n) is 6.40. The van der Waals surface area contributed by atoms with Gasteiger partial charge in [0.15, 0.2) is 0 Å². The molecule has 1 fully saturated rings. The number of carbonyl (C=O) groups excluding carboxylic acids is 1. The predicted molar refractivity (Wildman–Crippen MR) is 116 cm³/mol. The number of hydrogen-bond donors (Lipinski definition) is 3. The van der Waals surface area contributed by atoms with Crippen LogP contribution in [0.5, 0.6) is 0 Å². The first-order valence-corrected chi connectivity index (χ1v) is 11.4. The van der Waals surface area contributed by atoms with Crippen LogP contribution in [0.3, 0.4) is 0 Å². The van der Waals surface area contributed by atoms with E-state index in [1.807, 2.05) is 18.0 Å². The van der Waals surface area contributed by atoms with Crippen LogP contribution < -0.4 is 5.32 Å². The van der Waals surface area contributed by atoms with E-state index in [9.17, 15) is 4.79 Å². The molecular formula is C22H26N4OS. The van der Waals surface area contributed by atoms with Crippen LogP contribution in [0.1, 0.15) is 42.9 Å². The molecular weight excluding hydrogens is 368 g/mol. The van der Waals surface area contributed by atoms with E-state index in [1.165, 1.54) is 28.5 Å². The number of aryl methyl sites for hydroxylation is 2. The molecule has 0 radical (unpaired) electrons. The molecule has 28 heavy (non-hydrogen) atoms. The summed E-state index contributed by atoms with van der Waals surface area (Å²) < 4.78 is 0. The van der Waals surface area contributed by atoms with Crippen molar-refractivity contribution in [2.45, 2.75) is 44.4 Å². The molecule has 5 rings (SSSR count). The lowest BCUT2D eigenvalue weighted by Crippen LogP contribution is -2.33. The second kappa shape index (κ2) is 6.99. The highest BCUT2D eigenvalue weighted by molar-refractivity contribution is 7.99. The lowest BCUT2D eigenvalue weighted by atomic mass is 9.75. The number of aldehydes is 1. The first-order valence-electron chi connectivity index (χ1n) is 10.3. The topological polar surface area (TPSA) is 73.6 Å². The summed E-state index contributed by atoms with van der Waals surface area (Å²) in [6, 6.07) is 4.51. The Labute approximate surface area is 169 Å². The lowest BCUT2D eigenvalue weighted by molar-refractivity contribution is -0.112. The molecule has 3 N–H and O–H groups in total. The van der Waals surface area contributed by atoms with Crippen LogP contribution >= 0.6 is 11.8 Å². The Balaban J connectivity index is 1.73. The highest BCUT2D eigenvalue weighted by Gasteiger charge is 2.36. The van der Waals surface area contributed by atoms with Crippen molar-refractivity contribution in [1.29, 1.82) is 0 Å². The van der Waals surface area contributed by atoms with Gasteiger partial charge in [-0.15, -0.1) is 0 Å². The third-order valence-corrected chi connectivity index (χ3v) is 7.38. The average Bonchev–Trinajstić information content (AvgIpc) is 3.29. The summed E-state index contributed by atoms with van der Waals surface area (Å²) in [5.74, 6) is 2.09. The fourth-order valence-corrected chi connectivity index (χ4v) is 6.10. The summed E-state index contributed by atoms with van der Waals surface area (Å²) in [6.45, 7) is 2.96. The number of anilines is 1. The molecule has 2 aliphatic rings. The van der Waals surface area contributed by atoms with Crippen molar-refractivity contribution < 1.29 is 4.79 Å². The van der Waals surface area contributed by atoms with Gasteiger partial charge in [0.1, 0.15) is 6.29 Å². The van der Waals surface area contributed by atoms with Crippen LogP contribution in [0.2, 0.25) is 0 Å². The van der Waals surface area contributed by atoms with Crippen molar-refractivity contribution >= 4 is 34.6 Å². The maximum absolute atomic E-state index is 12.3. The van der Waals surface area contributed by atoms with E-state index >= 15 is 0 Å². The molecule has 6 heteroatoms. The van der Waals surface area contributed by atoms with Gasteiger partial charge < -0.3 is 15.1 Å². The van der Waals surface area contributed by atoms with Crippen LogP contribution in [0.4, 0.5) is 5.69 Å². The summed E-state index contributed by atoms with van der Waals surface area (Å²) >= 11 is 1.95. The summed E-state index contributed by atoms with van der Waals surface area (Å²) in [5.41, 5.74) is 7.95. The third kappa shape index (κ3) is 2.69. The largest absolute Gasteiger partial charge is 0.385 e. The van der Waals surface area contributed by atoms with Crippen LogP contribution in [-0.4, -0.2) is 39.5 Å². The fourth-order valence-electron chi connectivity index (χ4n) is 4.88. The van der Waals surface area contributed by atoms with Crippen LogP contribution in [0, 0.1) is 0 Å². The normalized spacial score (nSPS) is 18.3. The number of carbonyl (C=O) groups is 1. The Morgan fingerprint density at radius 1 is 1.25 bits per heavy atom. The van der Waals surface area contributed by atoms with Gasteiger partial charge in [0, 0.05) is 23.1 Å². The van der Waals surface area contributed by atoms with Crippen molar-refractivity contribution in [3.05, 3.63) is 35.0 Å². The molecule has 5 nitrogen and oxygen atoms in total. The van der Waals surface area contributed by atoms with Crippen molar-refractivity contribution in [1.82, 2.24) is 15.2 Å². The van der Waals surface area contributed by atoms with E-state index in [4.69, 9.17) is 0 Å². The zero-order valence-corrected chi connectivity index (χ0v) is 17.0. The van der Waals surface area contributed by atoms with Crippen molar-refractivity contribution in [3.63, 3.8) is 0 Å². The second-order valence-corrected chi connectivity index (χ2v) is 9.19. The second-order valence-electron chi connectivity index (χ2n) is 7.96. The van der Waals surface area contributed by atoms with E-state index in [0.29, 0.717) is 0 Å². The minimum atomic E-state index is -0.376. The fraction of sp³-hybridized carbons (Fsp3) is 0.455. The Hall–Kier alpha value is -2.21. The molecule has 0 amide bonds. The van der Waals surface area contributed by atoms with Gasteiger partial charge in [0.25, 0.3) is 0 Å². The van der Waals surface area contributed by atoms with Crippen LogP contribution in [0.15, 0.2) is 18.3 Å². The lowest BCUT2D eigenvalue weighted by Gasteiger charge is -2.34. The first-order chi connectivity index (χ1) is 13.8. The summed E-state index contributed by atoms with van der Waals surface area (Å²) in [6.07, 6.45) is 8.22. The van der Waals surface area contributed by atoms with Crippen molar-refractivity contribution in [2.75, 3.05) is 23.4 Å². The minimum absolute atomic E-state index is 0.376. The number of rotatable bonds is 4. The molecule has 146 valence electrons. The molecule has 0 atom stereocenters. The van der Waals surface area contributed by atoms with Gasteiger partial charge in [0.05, 0.1) is 23.0 Å². The number of aromatic amines is 2. The zero-order valence-electron chi connectivity index (χ0n) is 16.2. The van der Waals surface area contributed by atoms with E-state index in [-0.39, 0.29) is 5.41 Å². The quantitative estimate of drug-likeness (QED) is 0.572. The van der Waals surface area contributed by atoms with E-state index in [2.05, 4.69) is 39.6 Å². The van der Waals surface area contributed by atoms with Gasteiger partial charge in [-0.05, 0) is 79.4 Å². The van der Waals surface area contributed by atoms with Crippen molar-refractivity contribution in [2.24, 2.45) is 0 Å². The Morgan fingerprint density at radius 3 is 2.89 bits per heavy atom. The number of benzene rings is 1. The number of hydrogen-bond acceptors (Lipinski definition) is 4. The van der Waals surface area contributed by atoms with E-state index in [0.717, 1.165) is 72.6 Å². The number of nitrogens with zero attached hydrogens (tertiary/aromatic N) is 1. The standard InChI is InChI=1S/C22H26N4OS/c1-2-23-19-10-16-15-5-3-4-14-12-24-26-20(14)21(15)25-18(16)11-17(19)22(13-27)6-8-28-9-7-22/h10-13,23,25H,2-9H2,1H3,(H,24,26). The van der Waals surface area contributed by atoms with E-state index < -0.39 is 0 Å². The van der Waals surface area contributed by atoms with Crippen LogP contribution in [0.25, 0.3) is 22.3 Å². The molecule has 1 aromatic carbocycles. The molecule has 0 saturated carbocycles. The number of nitrogens with one attached hydrogen (secondary N) is 3. The Kier molecular flexibility index (Phi) is 4.46. The van der Waals surface area contributed by atoms with Gasteiger partial charge in [-0.1, -0.05) is 0 Å². The van der Waals surface area contributed by atoms with Gasteiger partial charge in [-0.3, -0.25) is 5.10 Å². The van der Waals surface area contributed by atoms with Crippen molar-refractivity contribution in [3.8, 4) is 11.4 Å². The summed E-state index contributed by atoms with van der Waals surface area (Å²) in [5, 5.41) is 12.3. The zero-order chi connectivity index (χ0) is 19.1. The number of aromatic nitrogens is 3. The highest BCUT2D eigenvalue weighted by Crippen LogP contribution is 2.44. The molecule has 3 heterocycles. The molecule has 1 saturated heterocycles. The molecule has 2 aromatic heterocycles. The monoisotopic (exact) mass is 394 g/mol. The Bertz CT molecular complexity index is 1030. The van der Waals surface area contributed by atoms with Gasteiger partial charge in [-0.2, -0.15) is 16.9 Å². The summed E-state index contributed by atoms with van der Waals surface area (Å²) in [4.78, 5) is 16.0. The average molecular weight is 395 g/mol. The minimum Gasteiger partial charge on any atom is -0.385 e. The highest BCUT2D eigenvalue weighted by atomic mass is 32.2. The number of thioether (sulfide) groups is 1. The molecule has 1 aliphatic carbocycles. The molecule has 0 spiro atoms. The van der Waals surface area contributed by atoms with Gasteiger partial charge >= 0.3 is 0 Å². The van der Waals surface area contributed by atoms with Gasteiger partial charge in [-0.25, -0.2) is 0 Å². The smallest absolute Gasteiger partial charge is 0.130 e. The van der Waals surface area contributed by atoms with Gasteiger partial charge in [0.2, 0.25) is 0 Å². The molecule has 0 unspecified atom stereocenters. The van der Waals surface area contributed by atoms with Crippen LogP contribution in [-0.2, 0) is 23.1 Å². The SMILES string of the molecule is CCNc1cc2c3c([nH]c2cc1C1(C=O)CCSCC1)-c1[nH]ncc1CCC3. The Morgan fingerprint density at radius 2 is 2.11 bits per heavy atom.